The number of sulfonamides is 1. The zero-order chi connectivity index (χ0) is 13.9. The van der Waals surface area contributed by atoms with Crippen molar-refractivity contribution in [3.8, 4) is 0 Å². The predicted octanol–water partition coefficient (Wildman–Crippen LogP) is 1.75. The molecule has 3 N–H and O–H groups in total. The van der Waals surface area contributed by atoms with Gasteiger partial charge in [0.05, 0.1) is 11.9 Å². The minimum Gasteiger partial charge on any atom is -0.330 e. The van der Waals surface area contributed by atoms with Gasteiger partial charge in [-0.25, -0.2) is 8.42 Å². The van der Waals surface area contributed by atoms with Gasteiger partial charge in [-0.2, -0.15) is 0 Å². The Kier molecular flexibility index (Phi) is 4.18. The SMILES string of the molecule is Cc1cncc(NS(=O)(=O)c2ccc(CCN)s2)c1. The Balaban J connectivity index is 2.22. The minimum absolute atomic E-state index is 0.289. The summed E-state index contributed by atoms with van der Waals surface area (Å²) in [6.45, 7) is 2.37. The van der Waals surface area contributed by atoms with Crippen LogP contribution in [-0.4, -0.2) is 19.9 Å². The summed E-state index contributed by atoms with van der Waals surface area (Å²) in [6, 6.07) is 5.13. The molecule has 19 heavy (non-hydrogen) atoms. The summed E-state index contributed by atoms with van der Waals surface area (Å²) in [4.78, 5) is 4.92. The largest absolute Gasteiger partial charge is 0.330 e. The molecule has 0 saturated carbocycles. The van der Waals surface area contributed by atoms with Gasteiger partial charge in [0.2, 0.25) is 0 Å². The third-order valence-corrected chi connectivity index (χ3v) is 5.44. The van der Waals surface area contributed by atoms with Crippen LogP contribution in [0.25, 0.3) is 0 Å². The Morgan fingerprint density at radius 1 is 1.37 bits per heavy atom. The highest BCUT2D eigenvalue weighted by molar-refractivity contribution is 7.94. The van der Waals surface area contributed by atoms with Gasteiger partial charge in [-0.15, -0.1) is 11.3 Å². The number of aryl methyl sites for hydroxylation is 1. The first-order chi connectivity index (χ1) is 9.01. The molecule has 0 bridgehead atoms. The average molecular weight is 297 g/mol. The van der Waals surface area contributed by atoms with Crippen LogP contribution in [0.1, 0.15) is 10.4 Å². The van der Waals surface area contributed by atoms with Crippen LogP contribution in [0.2, 0.25) is 0 Å². The third kappa shape index (κ3) is 3.52. The highest BCUT2D eigenvalue weighted by Gasteiger charge is 2.17. The molecule has 0 aliphatic carbocycles. The molecule has 0 unspecified atom stereocenters. The molecule has 0 amide bonds. The molecule has 2 heterocycles. The topological polar surface area (TPSA) is 85.1 Å². The van der Waals surface area contributed by atoms with Gasteiger partial charge in [-0.05, 0) is 43.7 Å². The van der Waals surface area contributed by atoms with E-state index in [9.17, 15) is 8.42 Å². The van der Waals surface area contributed by atoms with Crippen molar-refractivity contribution in [3.63, 3.8) is 0 Å². The molecule has 0 aliphatic heterocycles. The van der Waals surface area contributed by atoms with Crippen LogP contribution < -0.4 is 10.5 Å². The number of nitrogens with two attached hydrogens (primary N) is 1. The van der Waals surface area contributed by atoms with E-state index in [0.29, 0.717) is 18.7 Å². The van der Waals surface area contributed by atoms with Crippen molar-refractivity contribution in [2.75, 3.05) is 11.3 Å². The van der Waals surface area contributed by atoms with E-state index >= 15 is 0 Å². The first-order valence-corrected chi connectivity index (χ1v) is 8.04. The van der Waals surface area contributed by atoms with Gasteiger partial charge < -0.3 is 5.73 Å². The van der Waals surface area contributed by atoms with Gasteiger partial charge in [-0.3, -0.25) is 9.71 Å². The lowest BCUT2D eigenvalue weighted by Gasteiger charge is -2.06. The summed E-state index contributed by atoms with van der Waals surface area (Å²) in [6.07, 6.45) is 3.84. The van der Waals surface area contributed by atoms with Crippen LogP contribution in [0.4, 0.5) is 5.69 Å². The number of hydrogen-bond donors (Lipinski definition) is 2. The fourth-order valence-electron chi connectivity index (χ4n) is 1.60. The maximum Gasteiger partial charge on any atom is 0.271 e. The summed E-state index contributed by atoms with van der Waals surface area (Å²) in [7, 11) is -3.54. The van der Waals surface area contributed by atoms with Gasteiger partial charge in [0.25, 0.3) is 10.0 Å². The summed E-state index contributed by atoms with van der Waals surface area (Å²) in [5.41, 5.74) is 6.82. The quantitative estimate of drug-likeness (QED) is 0.880. The number of nitrogens with one attached hydrogen (secondary N) is 1. The van der Waals surface area contributed by atoms with Gasteiger partial charge in [0.15, 0.2) is 0 Å². The molecule has 0 atom stereocenters. The van der Waals surface area contributed by atoms with E-state index in [1.54, 1.807) is 24.4 Å². The van der Waals surface area contributed by atoms with Crippen LogP contribution in [0.15, 0.2) is 34.8 Å². The van der Waals surface area contributed by atoms with Crippen LogP contribution in [-0.2, 0) is 16.4 Å². The van der Waals surface area contributed by atoms with Crippen LogP contribution in [0.5, 0.6) is 0 Å². The number of aromatic nitrogens is 1. The van der Waals surface area contributed by atoms with Crippen LogP contribution in [0, 0.1) is 6.92 Å². The standard InChI is InChI=1S/C12H15N3O2S2/c1-9-6-10(8-14-7-9)15-19(16,17)12-3-2-11(18-12)4-5-13/h2-3,6-8,15H,4-5,13H2,1H3. The average Bonchev–Trinajstić information content (AvgIpc) is 2.78. The number of anilines is 1. The molecule has 0 aliphatic rings. The van der Waals surface area contributed by atoms with Crippen LogP contribution >= 0.6 is 11.3 Å². The van der Waals surface area contributed by atoms with Crippen molar-refractivity contribution in [2.45, 2.75) is 17.6 Å². The zero-order valence-electron chi connectivity index (χ0n) is 10.5. The number of thiophene rings is 1. The van der Waals surface area contributed by atoms with Gasteiger partial charge in [-0.1, -0.05) is 0 Å². The van der Waals surface area contributed by atoms with Gasteiger partial charge in [0.1, 0.15) is 4.21 Å². The van der Waals surface area contributed by atoms with Crippen molar-refractivity contribution in [1.29, 1.82) is 0 Å². The maximum absolute atomic E-state index is 12.2. The Labute approximate surface area is 116 Å². The number of pyridine rings is 1. The van der Waals surface area contributed by atoms with E-state index in [4.69, 9.17) is 5.73 Å². The summed E-state index contributed by atoms with van der Waals surface area (Å²) < 4.78 is 27.2. The van der Waals surface area contributed by atoms with Crippen LogP contribution in [0.3, 0.4) is 0 Å². The van der Waals surface area contributed by atoms with E-state index in [1.807, 2.05) is 6.92 Å². The molecule has 0 radical (unpaired) electrons. The Morgan fingerprint density at radius 2 is 2.16 bits per heavy atom. The van der Waals surface area contributed by atoms with E-state index in [-0.39, 0.29) is 4.21 Å². The lowest BCUT2D eigenvalue weighted by atomic mass is 10.3. The molecule has 0 spiro atoms. The van der Waals surface area contributed by atoms with E-state index in [1.165, 1.54) is 17.5 Å². The van der Waals surface area contributed by atoms with Crippen molar-refractivity contribution in [2.24, 2.45) is 5.73 Å². The predicted molar refractivity (Wildman–Crippen MR) is 76.9 cm³/mol. The first kappa shape index (κ1) is 14.0. The maximum atomic E-state index is 12.2. The molecule has 2 aromatic heterocycles. The Hall–Kier alpha value is -1.44. The minimum atomic E-state index is -3.54. The smallest absolute Gasteiger partial charge is 0.271 e. The summed E-state index contributed by atoms with van der Waals surface area (Å²) in [5.74, 6) is 0. The second-order valence-corrected chi connectivity index (χ2v) is 7.19. The Bertz CT molecular complexity index is 665. The van der Waals surface area contributed by atoms with Crippen molar-refractivity contribution in [1.82, 2.24) is 4.98 Å². The third-order valence-electron chi connectivity index (χ3n) is 2.42. The van der Waals surface area contributed by atoms with Gasteiger partial charge >= 0.3 is 0 Å². The molecular weight excluding hydrogens is 282 g/mol. The molecule has 5 nitrogen and oxygen atoms in total. The second-order valence-electron chi connectivity index (χ2n) is 4.12. The summed E-state index contributed by atoms with van der Waals surface area (Å²) >= 11 is 1.24. The highest BCUT2D eigenvalue weighted by Crippen LogP contribution is 2.24. The second kappa shape index (κ2) is 5.68. The van der Waals surface area contributed by atoms with Crippen molar-refractivity contribution < 1.29 is 8.42 Å². The highest BCUT2D eigenvalue weighted by atomic mass is 32.2. The molecule has 102 valence electrons. The fraction of sp³-hybridized carbons (Fsp3) is 0.250. The number of rotatable bonds is 5. The summed E-state index contributed by atoms with van der Waals surface area (Å²) in [5, 5.41) is 0. The van der Waals surface area contributed by atoms with E-state index < -0.39 is 10.0 Å². The molecule has 0 saturated heterocycles. The molecule has 2 rings (SSSR count). The monoisotopic (exact) mass is 297 g/mol. The molecule has 0 fully saturated rings. The van der Waals surface area contributed by atoms with Crippen molar-refractivity contribution >= 4 is 27.0 Å². The lowest BCUT2D eigenvalue weighted by molar-refractivity contribution is 0.603. The normalized spacial score (nSPS) is 11.5. The van der Waals surface area contributed by atoms with Gasteiger partial charge in [0, 0.05) is 11.1 Å². The first-order valence-electron chi connectivity index (χ1n) is 5.74. The molecule has 0 aromatic carbocycles. The number of nitrogens with zero attached hydrogens (tertiary/aromatic N) is 1. The number of hydrogen-bond acceptors (Lipinski definition) is 5. The lowest BCUT2D eigenvalue weighted by Crippen LogP contribution is -2.11. The molecule has 2 aromatic rings. The van der Waals surface area contributed by atoms with Crippen molar-refractivity contribution in [3.05, 3.63) is 41.0 Å². The van der Waals surface area contributed by atoms with E-state index in [2.05, 4.69) is 9.71 Å². The fourth-order valence-corrected chi connectivity index (χ4v) is 4.00. The van der Waals surface area contributed by atoms with E-state index in [0.717, 1.165) is 10.4 Å². The molecular formula is C12H15N3O2S2. The molecule has 7 heteroatoms. The zero-order valence-corrected chi connectivity index (χ0v) is 12.1. The Morgan fingerprint density at radius 3 is 2.84 bits per heavy atom.